The van der Waals surface area contributed by atoms with E-state index >= 15 is 0 Å². The zero-order valence-electron chi connectivity index (χ0n) is 16.7. The summed E-state index contributed by atoms with van der Waals surface area (Å²) in [7, 11) is 3.65. The number of halogens is 3. The van der Waals surface area contributed by atoms with Crippen molar-refractivity contribution in [3.63, 3.8) is 0 Å². The van der Waals surface area contributed by atoms with Crippen LogP contribution in [0.15, 0.2) is 24.2 Å². The molecule has 0 radical (unpaired) electrons. The van der Waals surface area contributed by atoms with Crippen LogP contribution in [0.4, 0.5) is 24.9 Å². The van der Waals surface area contributed by atoms with Gasteiger partial charge in [0.1, 0.15) is 12.2 Å². The van der Waals surface area contributed by atoms with E-state index in [0.29, 0.717) is 37.0 Å². The van der Waals surface area contributed by atoms with E-state index in [1.807, 2.05) is 25.9 Å². The molecule has 1 fully saturated rings. The number of hydrogen-bond acceptors (Lipinski definition) is 7. The van der Waals surface area contributed by atoms with Crippen molar-refractivity contribution in [1.82, 2.24) is 19.8 Å². The average molecular weight is 413 g/mol. The highest BCUT2D eigenvalue weighted by Gasteiger charge is 2.37. The first-order valence-electron chi connectivity index (χ1n) is 9.23. The number of alkyl halides is 3. The summed E-state index contributed by atoms with van der Waals surface area (Å²) >= 11 is 0. The minimum atomic E-state index is -4.51. The van der Waals surface area contributed by atoms with Gasteiger partial charge >= 0.3 is 6.18 Å². The topological polar surface area (TPSA) is 88.5 Å². The molecule has 2 heterocycles. The molecule has 1 aliphatic heterocycles. The third kappa shape index (κ3) is 6.61. The van der Waals surface area contributed by atoms with Crippen LogP contribution in [0.25, 0.3) is 0 Å². The van der Waals surface area contributed by atoms with Gasteiger partial charge in [0.2, 0.25) is 11.9 Å². The Kier molecular flexibility index (Phi) is 7.40. The van der Waals surface area contributed by atoms with E-state index in [9.17, 15) is 18.0 Å². The van der Waals surface area contributed by atoms with Crippen molar-refractivity contribution < 1.29 is 18.0 Å². The Morgan fingerprint density at radius 3 is 2.72 bits per heavy atom. The molecule has 2 rings (SSSR count). The van der Waals surface area contributed by atoms with Crippen LogP contribution in [0.5, 0.6) is 0 Å². The second kappa shape index (κ2) is 9.57. The number of carbonyl (C=O) groups is 1. The van der Waals surface area contributed by atoms with E-state index in [1.165, 1.54) is 4.90 Å². The van der Waals surface area contributed by atoms with E-state index in [0.717, 1.165) is 6.21 Å². The van der Waals surface area contributed by atoms with Gasteiger partial charge in [-0.25, -0.2) is 4.98 Å². The number of aromatic nitrogens is 2. The maximum Gasteiger partial charge on any atom is 0.397 e. The molecule has 2 N–H and O–H groups in total. The highest BCUT2D eigenvalue weighted by Crippen LogP contribution is 2.25. The van der Waals surface area contributed by atoms with Gasteiger partial charge < -0.3 is 25.4 Å². The van der Waals surface area contributed by atoms with Crippen molar-refractivity contribution in [2.45, 2.75) is 32.0 Å². The molecule has 29 heavy (non-hydrogen) atoms. The Morgan fingerprint density at radius 2 is 2.14 bits per heavy atom. The molecule has 0 aromatic carbocycles. The second-order valence-electron chi connectivity index (χ2n) is 6.94. The molecule has 0 unspecified atom stereocenters. The minimum Gasteiger partial charge on any atom is -0.382 e. The Hall–Kier alpha value is -2.85. The average Bonchev–Trinajstić information content (AvgIpc) is 2.65. The number of allylic oxidation sites excluding steroid dienone is 1. The van der Waals surface area contributed by atoms with Crippen molar-refractivity contribution in [2.75, 3.05) is 43.9 Å². The minimum absolute atomic E-state index is 0.201. The molecule has 1 aromatic rings. The van der Waals surface area contributed by atoms with E-state index in [1.54, 1.807) is 23.4 Å². The van der Waals surface area contributed by atoms with Crippen molar-refractivity contribution in [1.29, 1.82) is 5.41 Å². The third-order valence-corrected chi connectivity index (χ3v) is 4.40. The summed E-state index contributed by atoms with van der Waals surface area (Å²) in [6, 6.07) is 1.39. The van der Waals surface area contributed by atoms with E-state index < -0.39 is 18.5 Å². The van der Waals surface area contributed by atoms with Gasteiger partial charge in [-0.1, -0.05) is 6.92 Å². The predicted octanol–water partition coefficient (Wildman–Crippen LogP) is 2.32. The smallest absolute Gasteiger partial charge is 0.382 e. The number of rotatable bonds is 7. The number of hydrogen-bond donors (Lipinski definition) is 2. The molecule has 0 saturated carbocycles. The van der Waals surface area contributed by atoms with Gasteiger partial charge in [0, 0.05) is 58.4 Å². The fourth-order valence-corrected chi connectivity index (χ4v) is 3.11. The molecule has 1 amide bonds. The standard InChI is InChI=1S/C18H26F3N7O/c1-4-14-12-27(7-8-28(14)16(29)9-18(19,20)21)15-5-6-23-17(25-15)24-13(10-22)11-26(2)3/h5-6,10-11,14,22H,4,7-9,12H2,1-3H3,(H,23,24,25)/b13-11+,22-10?/t14-/m1/s1. The van der Waals surface area contributed by atoms with Crippen LogP contribution in [0.3, 0.4) is 0 Å². The number of nitrogens with one attached hydrogen (secondary N) is 2. The van der Waals surface area contributed by atoms with E-state index in [-0.39, 0.29) is 12.6 Å². The molecule has 1 atom stereocenters. The Bertz CT molecular complexity index is 751. The molecule has 0 aliphatic carbocycles. The lowest BCUT2D eigenvalue weighted by molar-refractivity contribution is -0.163. The first-order valence-corrected chi connectivity index (χ1v) is 9.23. The fraction of sp³-hybridized carbons (Fsp3) is 0.556. The molecule has 11 heteroatoms. The summed E-state index contributed by atoms with van der Waals surface area (Å²) in [6.45, 7) is 2.81. The van der Waals surface area contributed by atoms with E-state index in [2.05, 4.69) is 15.3 Å². The van der Waals surface area contributed by atoms with Gasteiger partial charge in [0.05, 0.1) is 5.70 Å². The second-order valence-corrected chi connectivity index (χ2v) is 6.94. The summed E-state index contributed by atoms with van der Waals surface area (Å²) in [6.07, 6.45) is -0.971. The quantitative estimate of drug-likeness (QED) is 0.667. The van der Waals surface area contributed by atoms with Crippen LogP contribution in [0, 0.1) is 5.41 Å². The molecular weight excluding hydrogens is 387 g/mol. The summed E-state index contributed by atoms with van der Waals surface area (Å²) in [4.78, 5) is 25.7. The van der Waals surface area contributed by atoms with Crippen LogP contribution < -0.4 is 10.2 Å². The van der Waals surface area contributed by atoms with Crippen LogP contribution >= 0.6 is 0 Å². The zero-order chi connectivity index (χ0) is 21.6. The predicted molar refractivity (Wildman–Crippen MR) is 105 cm³/mol. The SMILES string of the molecule is CC[C@@H]1CN(c2ccnc(N/C(C=N)=C/N(C)C)n2)CCN1C(=O)CC(F)(F)F. The summed E-state index contributed by atoms with van der Waals surface area (Å²) < 4.78 is 37.8. The molecule has 0 bridgehead atoms. The summed E-state index contributed by atoms with van der Waals surface area (Å²) in [5.41, 5.74) is 0.501. The first kappa shape index (κ1) is 22.4. The van der Waals surface area contributed by atoms with Gasteiger partial charge in [0.15, 0.2) is 0 Å². The van der Waals surface area contributed by atoms with Gasteiger partial charge in [-0.05, 0) is 12.5 Å². The Labute approximate surface area is 167 Å². The van der Waals surface area contributed by atoms with Crippen LogP contribution in [0.2, 0.25) is 0 Å². The van der Waals surface area contributed by atoms with Crippen molar-refractivity contribution in [2.24, 2.45) is 0 Å². The van der Waals surface area contributed by atoms with Crippen LogP contribution in [0.1, 0.15) is 19.8 Å². The van der Waals surface area contributed by atoms with E-state index in [4.69, 9.17) is 5.41 Å². The highest BCUT2D eigenvalue weighted by atomic mass is 19.4. The number of piperazine rings is 1. The summed E-state index contributed by atoms with van der Waals surface area (Å²) in [5.74, 6) is 0.0271. The lowest BCUT2D eigenvalue weighted by Crippen LogP contribution is -2.55. The van der Waals surface area contributed by atoms with Crippen molar-refractivity contribution in [3.8, 4) is 0 Å². The molecule has 1 aliphatic rings. The normalized spacial score (nSPS) is 17.9. The maximum absolute atomic E-state index is 12.6. The van der Waals surface area contributed by atoms with Gasteiger partial charge in [-0.3, -0.25) is 4.79 Å². The van der Waals surface area contributed by atoms with Gasteiger partial charge in [0.25, 0.3) is 0 Å². The molecule has 8 nitrogen and oxygen atoms in total. The van der Waals surface area contributed by atoms with Crippen LogP contribution in [-0.4, -0.2) is 77.8 Å². The highest BCUT2D eigenvalue weighted by molar-refractivity contribution is 5.79. The zero-order valence-corrected chi connectivity index (χ0v) is 16.7. The van der Waals surface area contributed by atoms with Crippen LogP contribution in [-0.2, 0) is 4.79 Å². The number of anilines is 2. The largest absolute Gasteiger partial charge is 0.397 e. The molecular formula is C18H26F3N7O. The maximum atomic E-state index is 12.6. The summed E-state index contributed by atoms with van der Waals surface area (Å²) in [5, 5.41) is 10.4. The van der Waals surface area contributed by atoms with Crippen molar-refractivity contribution in [3.05, 3.63) is 24.2 Å². The molecule has 1 aromatic heterocycles. The number of amides is 1. The Morgan fingerprint density at radius 1 is 1.41 bits per heavy atom. The fourth-order valence-electron chi connectivity index (χ4n) is 3.11. The lowest BCUT2D eigenvalue weighted by atomic mass is 10.1. The molecule has 160 valence electrons. The van der Waals surface area contributed by atoms with Crippen molar-refractivity contribution >= 4 is 23.9 Å². The molecule has 0 spiro atoms. The monoisotopic (exact) mass is 413 g/mol. The lowest BCUT2D eigenvalue weighted by Gasteiger charge is -2.41. The van der Waals surface area contributed by atoms with Gasteiger partial charge in [-0.15, -0.1) is 0 Å². The number of carbonyl (C=O) groups excluding carboxylic acids is 1. The number of nitrogens with zero attached hydrogens (tertiary/aromatic N) is 5. The molecule has 1 saturated heterocycles. The third-order valence-electron chi connectivity index (χ3n) is 4.40. The first-order chi connectivity index (χ1) is 13.6. The Balaban J connectivity index is 2.11. The van der Waals surface area contributed by atoms with Gasteiger partial charge in [-0.2, -0.15) is 18.2 Å².